The average molecular weight is 659 g/mol. The molecule has 1 aliphatic heterocycles. The van der Waals surface area contributed by atoms with Gasteiger partial charge in [-0.2, -0.15) is 26.3 Å². The Morgan fingerprint density at radius 1 is 0.646 bits per heavy atom. The summed E-state index contributed by atoms with van der Waals surface area (Å²) in [6, 6.07) is 21.9. The topological polar surface area (TPSA) is 17.0 Å². The fourth-order valence-electron chi connectivity index (χ4n) is 6.93. The van der Waals surface area contributed by atoms with Gasteiger partial charge in [0.15, 0.2) is 0 Å². The van der Waals surface area contributed by atoms with Crippen LogP contribution in [0.2, 0.25) is 0 Å². The van der Waals surface area contributed by atoms with Crippen molar-refractivity contribution in [2.45, 2.75) is 63.3 Å². The summed E-state index contributed by atoms with van der Waals surface area (Å²) in [5, 5.41) is 4.20. The molecule has 2 heterocycles. The lowest BCUT2D eigenvalue weighted by Crippen LogP contribution is -2.54. The first-order valence-electron chi connectivity index (χ1n) is 15.6. The van der Waals surface area contributed by atoms with Crippen molar-refractivity contribution in [3.8, 4) is 5.69 Å². The maximum atomic E-state index is 15.1. The number of nitrogens with one attached hydrogen (secondary N) is 1. The SMILES string of the molecule is C=C1NC(C)c2cc(C(c3ccc4c(=C)n(-c5ccc(Cc6ccc(C(C)(C)C)cc6)cc5)c(=C)c4c3)(C(F)(F)F)C(F)(F)F)ccc21. The van der Waals surface area contributed by atoms with Gasteiger partial charge >= 0.3 is 12.4 Å². The molecular formula is C40H36F6N2. The number of hydrogen-bond donors (Lipinski definition) is 1. The molecule has 4 aromatic carbocycles. The van der Waals surface area contributed by atoms with Crippen molar-refractivity contribution in [2.75, 3.05) is 0 Å². The molecule has 1 atom stereocenters. The summed E-state index contributed by atoms with van der Waals surface area (Å²) in [5.41, 5.74) is -0.768. The molecule has 0 amide bonds. The van der Waals surface area contributed by atoms with E-state index in [0.717, 1.165) is 35.4 Å². The van der Waals surface area contributed by atoms with E-state index in [-0.39, 0.29) is 16.2 Å². The van der Waals surface area contributed by atoms with Crippen LogP contribution in [-0.2, 0) is 17.3 Å². The first-order chi connectivity index (χ1) is 22.3. The van der Waals surface area contributed by atoms with E-state index in [0.29, 0.717) is 39.7 Å². The highest BCUT2D eigenvalue weighted by atomic mass is 19.4. The van der Waals surface area contributed by atoms with E-state index in [1.54, 1.807) is 11.5 Å². The number of alkyl halides is 6. The predicted octanol–water partition coefficient (Wildman–Crippen LogP) is 9.38. The Kier molecular flexibility index (Phi) is 7.73. The minimum Gasteiger partial charge on any atom is -0.378 e. The molecule has 1 aromatic heterocycles. The van der Waals surface area contributed by atoms with Crippen LogP contribution in [0.3, 0.4) is 0 Å². The van der Waals surface area contributed by atoms with Gasteiger partial charge in [0.1, 0.15) is 0 Å². The van der Waals surface area contributed by atoms with E-state index in [1.165, 1.54) is 17.7 Å². The van der Waals surface area contributed by atoms with Crippen LogP contribution in [0.5, 0.6) is 0 Å². The highest BCUT2D eigenvalue weighted by Gasteiger charge is 2.72. The van der Waals surface area contributed by atoms with Crippen LogP contribution in [0.4, 0.5) is 26.3 Å². The molecule has 8 heteroatoms. The molecular weight excluding hydrogens is 622 g/mol. The van der Waals surface area contributed by atoms with E-state index in [4.69, 9.17) is 0 Å². The quantitative estimate of drug-likeness (QED) is 0.186. The third-order valence-electron chi connectivity index (χ3n) is 9.55. The van der Waals surface area contributed by atoms with Gasteiger partial charge in [0.25, 0.3) is 0 Å². The molecule has 1 aliphatic rings. The van der Waals surface area contributed by atoms with Crippen molar-refractivity contribution in [2.24, 2.45) is 0 Å². The van der Waals surface area contributed by atoms with Gasteiger partial charge in [0.2, 0.25) is 5.41 Å². The summed E-state index contributed by atoms with van der Waals surface area (Å²) in [6.45, 7) is 20.2. The van der Waals surface area contributed by atoms with Gasteiger partial charge in [0.05, 0.1) is 0 Å². The van der Waals surface area contributed by atoms with Gasteiger partial charge in [-0.05, 0) is 70.3 Å². The van der Waals surface area contributed by atoms with Crippen molar-refractivity contribution in [1.29, 1.82) is 0 Å². The van der Waals surface area contributed by atoms with Crippen molar-refractivity contribution in [3.05, 3.63) is 141 Å². The highest BCUT2D eigenvalue weighted by Crippen LogP contribution is 2.57. The lowest BCUT2D eigenvalue weighted by atomic mass is 9.71. The van der Waals surface area contributed by atoms with E-state index >= 15 is 26.3 Å². The largest absolute Gasteiger partial charge is 0.411 e. The zero-order chi connectivity index (χ0) is 35.0. The lowest BCUT2D eigenvalue weighted by molar-refractivity contribution is -0.288. The van der Waals surface area contributed by atoms with E-state index < -0.39 is 34.9 Å². The number of halogens is 6. The van der Waals surface area contributed by atoms with Crippen molar-refractivity contribution >= 4 is 29.6 Å². The zero-order valence-electron chi connectivity index (χ0n) is 27.2. The van der Waals surface area contributed by atoms with Crippen LogP contribution < -0.4 is 16.0 Å². The first-order valence-corrected chi connectivity index (χ1v) is 15.6. The second-order valence-electron chi connectivity index (χ2n) is 13.7. The van der Waals surface area contributed by atoms with Gasteiger partial charge in [0, 0.05) is 44.5 Å². The molecule has 0 fully saturated rings. The summed E-state index contributed by atoms with van der Waals surface area (Å²) < 4.78 is 92.2. The minimum atomic E-state index is -5.72. The van der Waals surface area contributed by atoms with Gasteiger partial charge in [-0.3, -0.25) is 0 Å². The summed E-state index contributed by atoms with van der Waals surface area (Å²) in [6.07, 6.45) is -10.8. The Hall–Kier alpha value is -4.72. The number of rotatable bonds is 5. The molecule has 0 radical (unpaired) electrons. The molecule has 0 saturated heterocycles. The van der Waals surface area contributed by atoms with Gasteiger partial charge in [-0.25, -0.2) is 0 Å². The monoisotopic (exact) mass is 658 g/mol. The average Bonchev–Trinajstić information content (AvgIpc) is 3.42. The number of nitrogens with zero attached hydrogens (tertiary/aromatic N) is 1. The smallest absolute Gasteiger partial charge is 0.378 e. The van der Waals surface area contributed by atoms with Crippen LogP contribution in [0.1, 0.15) is 72.7 Å². The minimum absolute atomic E-state index is 0.0496. The Labute approximate surface area is 275 Å². The third kappa shape index (κ3) is 5.22. The fraction of sp³-hybridized carbons (Fsp3) is 0.250. The summed E-state index contributed by atoms with van der Waals surface area (Å²) >= 11 is 0. The second kappa shape index (κ2) is 11.2. The molecule has 248 valence electrons. The number of fused-ring (bicyclic) bond motifs is 2. The Bertz CT molecular complexity index is 2130. The number of hydrogen-bond acceptors (Lipinski definition) is 1. The summed E-state index contributed by atoms with van der Waals surface area (Å²) in [5.74, 6) is 0. The molecule has 0 saturated carbocycles. The van der Waals surface area contributed by atoms with Crippen LogP contribution >= 0.6 is 0 Å². The van der Waals surface area contributed by atoms with Gasteiger partial charge < -0.3 is 9.88 Å². The molecule has 0 spiro atoms. The third-order valence-corrected chi connectivity index (χ3v) is 9.55. The number of benzene rings is 4. The van der Waals surface area contributed by atoms with Crippen LogP contribution in [0.15, 0.2) is 91.5 Å². The van der Waals surface area contributed by atoms with Crippen molar-refractivity contribution in [1.82, 2.24) is 9.88 Å². The Morgan fingerprint density at radius 2 is 1.15 bits per heavy atom. The Morgan fingerprint density at radius 3 is 1.71 bits per heavy atom. The molecule has 5 aromatic rings. The Balaban J connectivity index is 1.43. The molecule has 2 nitrogen and oxygen atoms in total. The van der Waals surface area contributed by atoms with Crippen molar-refractivity contribution in [3.63, 3.8) is 0 Å². The zero-order valence-corrected chi connectivity index (χ0v) is 27.2. The molecule has 48 heavy (non-hydrogen) atoms. The lowest BCUT2D eigenvalue weighted by Gasteiger charge is -2.38. The molecule has 1 unspecified atom stereocenters. The van der Waals surface area contributed by atoms with E-state index in [1.807, 2.05) is 24.3 Å². The van der Waals surface area contributed by atoms with Crippen molar-refractivity contribution < 1.29 is 26.3 Å². The van der Waals surface area contributed by atoms with Gasteiger partial charge in [-0.1, -0.05) is 107 Å². The molecule has 6 rings (SSSR count). The highest BCUT2D eigenvalue weighted by molar-refractivity contribution is 5.86. The van der Waals surface area contributed by atoms with E-state index in [9.17, 15) is 0 Å². The summed E-state index contributed by atoms with van der Waals surface area (Å²) in [4.78, 5) is 0. The van der Waals surface area contributed by atoms with E-state index in [2.05, 4.69) is 70.1 Å². The first kappa shape index (κ1) is 33.2. The predicted molar refractivity (Wildman–Crippen MR) is 181 cm³/mol. The fourth-order valence-corrected chi connectivity index (χ4v) is 6.93. The summed E-state index contributed by atoms with van der Waals surface area (Å²) in [7, 11) is 0. The van der Waals surface area contributed by atoms with Crippen LogP contribution in [0.25, 0.3) is 35.3 Å². The normalized spacial score (nSPS) is 15.5. The number of aromatic nitrogens is 1. The molecule has 1 N–H and O–H groups in total. The standard InChI is InChI=1S/C40H36F6N2/c1-23-33-18-14-30(21-35(33)24(2)47-23)38(39(41,42)43,40(44,45)46)31-15-19-34-25(3)48(26(4)36(34)22-31)32-16-10-28(11-17-32)20-27-8-12-29(13-9-27)37(5,6)7/h8-19,21-22,24,47H,1,3-4,20H2,2,5-7H3. The molecule has 0 aliphatic carbocycles. The van der Waals surface area contributed by atoms with Gasteiger partial charge in [-0.15, -0.1) is 0 Å². The maximum absolute atomic E-state index is 15.1. The second-order valence-corrected chi connectivity index (χ2v) is 13.7. The maximum Gasteiger partial charge on any atom is 0.411 e. The van der Waals surface area contributed by atoms with Crippen LogP contribution in [-0.4, -0.2) is 16.9 Å². The van der Waals surface area contributed by atoms with Crippen LogP contribution in [0, 0.1) is 0 Å². The molecule has 0 bridgehead atoms.